The van der Waals surface area contributed by atoms with E-state index in [4.69, 9.17) is 22.1 Å². The van der Waals surface area contributed by atoms with Gasteiger partial charge in [0.25, 0.3) is 5.91 Å². The number of ether oxygens (including phenoxy) is 1. The van der Waals surface area contributed by atoms with Crippen LogP contribution in [0, 0.1) is 0 Å². The predicted octanol–water partition coefficient (Wildman–Crippen LogP) is 3.43. The number of nitrogens with zero attached hydrogens (tertiary/aromatic N) is 2. The second-order valence-electron chi connectivity index (χ2n) is 6.42. The molecule has 0 saturated carbocycles. The highest BCUT2D eigenvalue weighted by Gasteiger charge is 2.19. The summed E-state index contributed by atoms with van der Waals surface area (Å²) in [6.45, 7) is 6.20. The lowest BCUT2D eigenvalue weighted by molar-refractivity contribution is 0.0704. The Balaban J connectivity index is 1.98. The molecule has 27 heavy (non-hydrogen) atoms. The van der Waals surface area contributed by atoms with Crippen molar-refractivity contribution in [1.29, 1.82) is 0 Å². The second-order valence-corrected chi connectivity index (χ2v) is 6.86. The Bertz CT molecular complexity index is 725. The molecule has 0 fully saturated rings. The van der Waals surface area contributed by atoms with Gasteiger partial charge in [0, 0.05) is 47.8 Å². The van der Waals surface area contributed by atoms with Crippen molar-refractivity contribution in [3.05, 3.63) is 53.3 Å². The number of carbonyl (C=O) groups is 1. The van der Waals surface area contributed by atoms with Gasteiger partial charge < -0.3 is 20.7 Å². The van der Waals surface area contributed by atoms with Gasteiger partial charge in [0.15, 0.2) is 0 Å². The molecule has 0 aliphatic rings. The van der Waals surface area contributed by atoms with Crippen molar-refractivity contribution in [2.45, 2.75) is 26.3 Å². The molecule has 0 saturated heterocycles. The molecule has 6 nitrogen and oxygen atoms in total. The first-order valence-corrected chi connectivity index (χ1v) is 9.47. The van der Waals surface area contributed by atoms with E-state index >= 15 is 0 Å². The molecule has 1 amide bonds. The molecule has 0 bridgehead atoms. The average molecular weight is 391 g/mol. The standard InChI is InChI=1S/C20H27ClN4O2/c1-15(2)25(10-3-6-22)20(26)16-12-17(21)14-19(13-16)27-11-9-24-18-4-7-23-8-5-18/h4-5,7-8,12-15H,3,6,9-11,22H2,1-2H3,(H,23,24). The molecule has 0 spiro atoms. The highest BCUT2D eigenvalue weighted by Crippen LogP contribution is 2.23. The topological polar surface area (TPSA) is 80.5 Å². The van der Waals surface area contributed by atoms with E-state index in [1.807, 2.05) is 26.0 Å². The van der Waals surface area contributed by atoms with Gasteiger partial charge in [-0.15, -0.1) is 0 Å². The molecule has 7 heteroatoms. The third kappa shape index (κ3) is 6.73. The van der Waals surface area contributed by atoms with E-state index in [0.29, 0.717) is 42.6 Å². The lowest BCUT2D eigenvalue weighted by Crippen LogP contribution is -2.38. The number of carbonyl (C=O) groups excluding carboxylic acids is 1. The van der Waals surface area contributed by atoms with Crippen molar-refractivity contribution in [1.82, 2.24) is 9.88 Å². The molecule has 1 aromatic heterocycles. The molecule has 1 aromatic carbocycles. The molecular formula is C20H27ClN4O2. The van der Waals surface area contributed by atoms with E-state index in [1.165, 1.54) is 0 Å². The summed E-state index contributed by atoms with van der Waals surface area (Å²) in [5.41, 5.74) is 7.08. The summed E-state index contributed by atoms with van der Waals surface area (Å²) in [5.74, 6) is 0.505. The van der Waals surface area contributed by atoms with Crippen LogP contribution in [0.4, 0.5) is 5.69 Å². The highest BCUT2D eigenvalue weighted by molar-refractivity contribution is 6.31. The predicted molar refractivity (Wildman–Crippen MR) is 110 cm³/mol. The summed E-state index contributed by atoms with van der Waals surface area (Å²) in [4.78, 5) is 18.6. The van der Waals surface area contributed by atoms with Crippen LogP contribution in [0.1, 0.15) is 30.6 Å². The SMILES string of the molecule is CC(C)N(CCCN)C(=O)c1cc(Cl)cc(OCCNc2ccncc2)c1. The molecule has 146 valence electrons. The van der Waals surface area contributed by atoms with Gasteiger partial charge in [-0.2, -0.15) is 0 Å². The number of benzene rings is 1. The second kappa shape index (κ2) is 10.7. The molecule has 0 aliphatic carbocycles. The number of anilines is 1. The third-order valence-corrected chi connectivity index (χ3v) is 4.20. The quantitative estimate of drug-likeness (QED) is 0.607. The van der Waals surface area contributed by atoms with Gasteiger partial charge in [0.1, 0.15) is 12.4 Å². The minimum atomic E-state index is -0.0688. The Morgan fingerprint density at radius 2 is 2.04 bits per heavy atom. The third-order valence-electron chi connectivity index (χ3n) is 3.99. The number of rotatable bonds is 10. The molecular weight excluding hydrogens is 364 g/mol. The molecule has 1 heterocycles. The van der Waals surface area contributed by atoms with Gasteiger partial charge in [-0.05, 0) is 57.1 Å². The molecule has 0 atom stereocenters. The van der Waals surface area contributed by atoms with Crippen molar-refractivity contribution in [3.8, 4) is 5.75 Å². The number of amides is 1. The summed E-state index contributed by atoms with van der Waals surface area (Å²) < 4.78 is 5.77. The maximum atomic E-state index is 12.9. The summed E-state index contributed by atoms with van der Waals surface area (Å²) in [6, 6.07) is 8.97. The van der Waals surface area contributed by atoms with Gasteiger partial charge in [0.05, 0.1) is 0 Å². The van der Waals surface area contributed by atoms with E-state index in [1.54, 1.807) is 35.5 Å². The number of hydrogen-bond acceptors (Lipinski definition) is 5. The van der Waals surface area contributed by atoms with Gasteiger partial charge in [-0.1, -0.05) is 11.6 Å². The fourth-order valence-electron chi connectivity index (χ4n) is 2.63. The van der Waals surface area contributed by atoms with Crippen LogP contribution in [0.5, 0.6) is 5.75 Å². The molecule has 3 N–H and O–H groups in total. The minimum Gasteiger partial charge on any atom is -0.492 e. The molecule has 0 aliphatic heterocycles. The average Bonchev–Trinajstić information content (AvgIpc) is 2.65. The zero-order chi connectivity index (χ0) is 19.6. The van der Waals surface area contributed by atoms with E-state index < -0.39 is 0 Å². The molecule has 0 unspecified atom stereocenters. The Kier molecular flexibility index (Phi) is 8.36. The van der Waals surface area contributed by atoms with E-state index in [-0.39, 0.29) is 11.9 Å². The zero-order valence-electron chi connectivity index (χ0n) is 15.8. The van der Waals surface area contributed by atoms with E-state index in [2.05, 4.69) is 10.3 Å². The van der Waals surface area contributed by atoms with Crippen molar-refractivity contribution in [2.24, 2.45) is 5.73 Å². The number of halogens is 1. The monoisotopic (exact) mass is 390 g/mol. The zero-order valence-corrected chi connectivity index (χ0v) is 16.6. The van der Waals surface area contributed by atoms with Crippen LogP contribution in [0.3, 0.4) is 0 Å². The molecule has 2 rings (SSSR count). The van der Waals surface area contributed by atoms with E-state index in [0.717, 1.165) is 12.1 Å². The van der Waals surface area contributed by atoms with Crippen molar-refractivity contribution in [3.63, 3.8) is 0 Å². The summed E-state index contributed by atoms with van der Waals surface area (Å²) in [5, 5.41) is 3.71. The van der Waals surface area contributed by atoms with Crippen molar-refractivity contribution < 1.29 is 9.53 Å². The number of nitrogens with one attached hydrogen (secondary N) is 1. The van der Waals surface area contributed by atoms with Crippen LogP contribution in [0.15, 0.2) is 42.7 Å². The lowest BCUT2D eigenvalue weighted by atomic mass is 10.1. The van der Waals surface area contributed by atoms with Gasteiger partial charge in [-0.25, -0.2) is 0 Å². The van der Waals surface area contributed by atoms with Crippen molar-refractivity contribution >= 4 is 23.2 Å². The van der Waals surface area contributed by atoms with Crippen LogP contribution in [0.2, 0.25) is 5.02 Å². The Hall–Kier alpha value is -2.31. The van der Waals surface area contributed by atoms with Crippen LogP contribution in [-0.2, 0) is 0 Å². The van der Waals surface area contributed by atoms with E-state index in [9.17, 15) is 4.79 Å². The fraction of sp³-hybridized carbons (Fsp3) is 0.400. The first-order valence-electron chi connectivity index (χ1n) is 9.09. The first-order chi connectivity index (χ1) is 13.0. The smallest absolute Gasteiger partial charge is 0.254 e. The summed E-state index contributed by atoms with van der Waals surface area (Å²) in [6.07, 6.45) is 4.21. The first kappa shape index (κ1) is 21.0. The molecule has 2 aromatic rings. The highest BCUT2D eigenvalue weighted by atomic mass is 35.5. The Morgan fingerprint density at radius 3 is 2.70 bits per heavy atom. The maximum absolute atomic E-state index is 12.9. The molecule has 0 radical (unpaired) electrons. The number of aromatic nitrogens is 1. The summed E-state index contributed by atoms with van der Waals surface area (Å²) >= 11 is 6.20. The van der Waals surface area contributed by atoms with Crippen LogP contribution in [-0.4, -0.2) is 48.1 Å². The van der Waals surface area contributed by atoms with Crippen LogP contribution in [0.25, 0.3) is 0 Å². The lowest BCUT2D eigenvalue weighted by Gasteiger charge is -2.27. The number of hydrogen-bond donors (Lipinski definition) is 2. The largest absolute Gasteiger partial charge is 0.492 e. The Labute approximate surface area is 165 Å². The van der Waals surface area contributed by atoms with Gasteiger partial charge in [0.2, 0.25) is 0 Å². The summed E-state index contributed by atoms with van der Waals surface area (Å²) in [7, 11) is 0. The Morgan fingerprint density at radius 1 is 1.30 bits per heavy atom. The van der Waals surface area contributed by atoms with Crippen molar-refractivity contribution in [2.75, 3.05) is 31.6 Å². The fourth-order valence-corrected chi connectivity index (χ4v) is 2.85. The van der Waals surface area contributed by atoms with Gasteiger partial charge >= 0.3 is 0 Å². The van der Waals surface area contributed by atoms with Gasteiger partial charge in [-0.3, -0.25) is 9.78 Å². The minimum absolute atomic E-state index is 0.0688. The van der Waals surface area contributed by atoms with Crippen LogP contribution >= 0.6 is 11.6 Å². The normalized spacial score (nSPS) is 10.7. The van der Waals surface area contributed by atoms with Crippen LogP contribution < -0.4 is 15.8 Å². The number of pyridine rings is 1. The number of nitrogens with two attached hydrogens (primary N) is 1. The maximum Gasteiger partial charge on any atom is 0.254 e.